The summed E-state index contributed by atoms with van der Waals surface area (Å²) in [6.45, 7) is 1.28. The van der Waals surface area contributed by atoms with Crippen LogP contribution in [0.2, 0.25) is 0 Å². The van der Waals surface area contributed by atoms with Gasteiger partial charge < -0.3 is 5.73 Å². The van der Waals surface area contributed by atoms with Crippen molar-refractivity contribution in [3.05, 3.63) is 24.0 Å². The highest BCUT2D eigenvalue weighted by Gasteiger charge is 2.37. The second kappa shape index (κ2) is 6.18. The molecule has 0 unspecified atom stereocenters. The van der Waals surface area contributed by atoms with Crippen molar-refractivity contribution in [3.8, 4) is 0 Å². The molecular weight excluding hydrogens is 312 g/mol. The van der Waals surface area contributed by atoms with Gasteiger partial charge in [-0.05, 0) is 24.1 Å². The number of anilines is 1. The third-order valence-corrected chi connectivity index (χ3v) is 4.34. The number of sulfonamides is 1. The monoisotopic (exact) mass is 328 g/mol. The van der Waals surface area contributed by atoms with E-state index >= 15 is 0 Å². The van der Waals surface area contributed by atoms with Gasteiger partial charge in [0.05, 0.1) is 10.6 Å². The number of halogens is 4. The Hall–Kier alpha value is -1.35. The lowest BCUT2D eigenvalue weighted by atomic mass is 10.2. The lowest BCUT2D eigenvalue weighted by Crippen LogP contribution is -2.41. The van der Waals surface area contributed by atoms with E-state index in [1.54, 1.807) is 13.8 Å². The summed E-state index contributed by atoms with van der Waals surface area (Å²) in [4.78, 5) is -0.466. The van der Waals surface area contributed by atoms with Crippen molar-refractivity contribution in [2.75, 3.05) is 18.8 Å². The number of nitrogens with zero attached hydrogens (tertiary/aromatic N) is 1. The van der Waals surface area contributed by atoms with E-state index in [-0.39, 0.29) is 12.5 Å². The molecule has 0 aromatic heterocycles. The number of alkyl halides is 3. The summed E-state index contributed by atoms with van der Waals surface area (Å²) in [5.41, 5.74) is 4.83. The Morgan fingerprint density at radius 3 is 2.29 bits per heavy atom. The Labute approximate surface area is 120 Å². The number of benzene rings is 1. The number of hydrogen-bond acceptors (Lipinski definition) is 3. The molecule has 0 aliphatic heterocycles. The van der Waals surface area contributed by atoms with Crippen LogP contribution < -0.4 is 5.73 Å². The largest absolute Gasteiger partial charge is 0.402 e. The van der Waals surface area contributed by atoms with E-state index in [1.807, 2.05) is 0 Å². The molecule has 0 aliphatic carbocycles. The minimum atomic E-state index is -4.67. The van der Waals surface area contributed by atoms with Crippen molar-refractivity contribution in [2.45, 2.75) is 24.9 Å². The molecule has 0 aliphatic rings. The van der Waals surface area contributed by atoms with Gasteiger partial charge in [0.25, 0.3) is 0 Å². The van der Waals surface area contributed by atoms with Gasteiger partial charge in [-0.3, -0.25) is 0 Å². The van der Waals surface area contributed by atoms with E-state index in [1.165, 1.54) is 0 Å². The van der Waals surface area contributed by atoms with E-state index in [0.29, 0.717) is 4.31 Å². The van der Waals surface area contributed by atoms with Crippen LogP contribution in [0.5, 0.6) is 0 Å². The number of rotatable bonds is 5. The van der Waals surface area contributed by atoms with Gasteiger partial charge in [0.2, 0.25) is 10.0 Å². The lowest BCUT2D eigenvalue weighted by Gasteiger charge is -2.25. The predicted octanol–water partition coefficient (Wildman–Crippen LogP) is 2.62. The molecule has 0 radical (unpaired) electrons. The van der Waals surface area contributed by atoms with Gasteiger partial charge in [-0.2, -0.15) is 17.5 Å². The first-order valence-corrected chi connectivity index (χ1v) is 7.49. The summed E-state index contributed by atoms with van der Waals surface area (Å²) in [5, 5.41) is 0. The number of nitrogens with two attached hydrogens (primary N) is 1. The van der Waals surface area contributed by atoms with Crippen LogP contribution >= 0.6 is 0 Å². The first kappa shape index (κ1) is 17.7. The molecule has 9 heteroatoms. The second-order valence-electron chi connectivity index (χ2n) is 4.99. The maximum atomic E-state index is 13.1. The zero-order valence-corrected chi connectivity index (χ0v) is 12.3. The van der Waals surface area contributed by atoms with Gasteiger partial charge in [-0.1, -0.05) is 13.8 Å². The van der Waals surface area contributed by atoms with E-state index in [4.69, 9.17) is 5.73 Å². The summed E-state index contributed by atoms with van der Waals surface area (Å²) < 4.78 is 75.6. The Morgan fingerprint density at radius 2 is 1.86 bits per heavy atom. The molecule has 2 N–H and O–H groups in total. The Kier molecular flexibility index (Phi) is 5.21. The molecule has 1 aromatic rings. The van der Waals surface area contributed by atoms with Crippen molar-refractivity contribution in [1.82, 2.24) is 4.31 Å². The van der Waals surface area contributed by atoms with E-state index in [0.717, 1.165) is 18.2 Å². The van der Waals surface area contributed by atoms with Crippen molar-refractivity contribution < 1.29 is 26.0 Å². The molecular formula is C12H16F4N2O2S. The van der Waals surface area contributed by atoms with Crippen LogP contribution in [-0.4, -0.2) is 32.0 Å². The molecule has 0 amide bonds. The van der Waals surface area contributed by atoms with E-state index in [9.17, 15) is 26.0 Å². The van der Waals surface area contributed by atoms with E-state index < -0.39 is 39.1 Å². The smallest absolute Gasteiger partial charge is 0.396 e. The molecule has 1 aromatic carbocycles. The van der Waals surface area contributed by atoms with Crippen molar-refractivity contribution in [1.29, 1.82) is 0 Å². The highest BCUT2D eigenvalue weighted by atomic mass is 32.2. The highest BCUT2D eigenvalue weighted by Crippen LogP contribution is 2.25. The first-order chi connectivity index (χ1) is 9.43. The maximum Gasteiger partial charge on any atom is 0.402 e. The lowest BCUT2D eigenvalue weighted by molar-refractivity contribution is -0.136. The normalized spacial score (nSPS) is 13.1. The molecule has 0 saturated carbocycles. The van der Waals surface area contributed by atoms with Gasteiger partial charge in [-0.25, -0.2) is 12.8 Å². The van der Waals surface area contributed by atoms with Gasteiger partial charge in [0, 0.05) is 6.54 Å². The molecule has 120 valence electrons. The highest BCUT2D eigenvalue weighted by molar-refractivity contribution is 7.89. The minimum absolute atomic E-state index is 0.306. The zero-order valence-electron chi connectivity index (χ0n) is 11.5. The van der Waals surface area contributed by atoms with E-state index in [2.05, 4.69) is 0 Å². The van der Waals surface area contributed by atoms with Crippen molar-refractivity contribution in [2.24, 2.45) is 5.92 Å². The minimum Gasteiger partial charge on any atom is -0.396 e. The Morgan fingerprint density at radius 1 is 1.29 bits per heavy atom. The molecule has 0 spiro atoms. The average molecular weight is 328 g/mol. The molecule has 0 bridgehead atoms. The maximum absolute atomic E-state index is 13.1. The number of nitrogen functional groups attached to an aromatic ring is 1. The third-order valence-electron chi connectivity index (χ3n) is 2.53. The fourth-order valence-corrected chi connectivity index (χ4v) is 3.31. The van der Waals surface area contributed by atoms with Gasteiger partial charge in [-0.15, -0.1) is 0 Å². The van der Waals surface area contributed by atoms with Crippen LogP contribution in [0, 0.1) is 11.7 Å². The second-order valence-corrected chi connectivity index (χ2v) is 6.93. The molecule has 0 atom stereocenters. The van der Waals surface area contributed by atoms with Gasteiger partial charge in [0.15, 0.2) is 0 Å². The van der Waals surface area contributed by atoms with Crippen LogP contribution in [0.1, 0.15) is 13.8 Å². The molecule has 0 fully saturated rings. The van der Waals surface area contributed by atoms with Crippen LogP contribution in [0.3, 0.4) is 0 Å². The molecule has 0 heterocycles. The van der Waals surface area contributed by atoms with Gasteiger partial charge in [0.1, 0.15) is 12.4 Å². The Bertz CT molecular complexity index is 600. The molecule has 1 rings (SSSR count). The van der Waals surface area contributed by atoms with Crippen LogP contribution in [0.4, 0.5) is 23.2 Å². The van der Waals surface area contributed by atoms with Crippen molar-refractivity contribution in [3.63, 3.8) is 0 Å². The van der Waals surface area contributed by atoms with Gasteiger partial charge >= 0.3 is 6.18 Å². The fourth-order valence-electron chi connectivity index (χ4n) is 1.69. The SMILES string of the molecule is CC(C)CN(CC(F)(F)F)S(=O)(=O)c1ccc(F)c(N)c1. The summed E-state index contributed by atoms with van der Waals surface area (Å²) in [6, 6.07) is 2.52. The fraction of sp³-hybridized carbons (Fsp3) is 0.500. The first-order valence-electron chi connectivity index (χ1n) is 6.05. The molecule has 0 saturated heterocycles. The Balaban J connectivity index is 3.22. The van der Waals surface area contributed by atoms with Crippen LogP contribution in [0.15, 0.2) is 23.1 Å². The van der Waals surface area contributed by atoms with Crippen molar-refractivity contribution >= 4 is 15.7 Å². The number of hydrogen-bond donors (Lipinski definition) is 1. The summed E-state index contributed by atoms with van der Waals surface area (Å²) in [7, 11) is -4.40. The van der Waals surface area contributed by atoms with Crippen LogP contribution in [0.25, 0.3) is 0 Å². The standard InChI is InChI=1S/C12H16F4N2O2S/c1-8(2)6-18(7-12(14,15)16)21(19,20)9-3-4-10(13)11(17)5-9/h3-5,8H,6-7,17H2,1-2H3. The average Bonchev–Trinajstić information content (AvgIpc) is 2.29. The summed E-state index contributed by atoms with van der Waals surface area (Å²) in [5.74, 6) is -1.14. The summed E-state index contributed by atoms with van der Waals surface area (Å²) in [6.07, 6.45) is -4.67. The quantitative estimate of drug-likeness (QED) is 0.667. The topological polar surface area (TPSA) is 63.4 Å². The predicted molar refractivity (Wildman–Crippen MR) is 70.5 cm³/mol. The molecule has 21 heavy (non-hydrogen) atoms. The molecule has 4 nitrogen and oxygen atoms in total. The zero-order chi connectivity index (χ0) is 16.4. The summed E-state index contributed by atoms with van der Waals surface area (Å²) >= 11 is 0. The third kappa shape index (κ3) is 4.85. The van der Waals surface area contributed by atoms with Crippen LogP contribution in [-0.2, 0) is 10.0 Å².